The molecule has 0 aliphatic heterocycles. The van der Waals surface area contributed by atoms with Gasteiger partial charge >= 0.3 is 0 Å². The summed E-state index contributed by atoms with van der Waals surface area (Å²) in [5, 5.41) is 4.37. The van der Waals surface area contributed by atoms with Crippen LogP contribution in [-0.2, 0) is 17.7 Å². The highest BCUT2D eigenvalue weighted by atomic mass is 32.1. The van der Waals surface area contributed by atoms with Crippen LogP contribution in [0.3, 0.4) is 0 Å². The van der Waals surface area contributed by atoms with Crippen molar-refractivity contribution in [1.29, 1.82) is 0 Å². The molecule has 0 fully saturated rings. The van der Waals surface area contributed by atoms with Crippen molar-refractivity contribution in [3.63, 3.8) is 0 Å². The van der Waals surface area contributed by atoms with Gasteiger partial charge in [0.25, 0.3) is 0 Å². The number of hydrogen-bond donors (Lipinski definition) is 1. The highest BCUT2D eigenvalue weighted by Gasteiger charge is 2.18. The monoisotopic (exact) mass is 270 g/mol. The molecule has 18 heavy (non-hydrogen) atoms. The summed E-state index contributed by atoms with van der Waals surface area (Å²) >= 11 is 1.80. The first-order valence-corrected chi connectivity index (χ1v) is 7.59. The minimum absolute atomic E-state index is 0.163. The van der Waals surface area contributed by atoms with Gasteiger partial charge in [0.2, 0.25) is 0 Å². The van der Waals surface area contributed by atoms with E-state index < -0.39 is 0 Å². The van der Waals surface area contributed by atoms with Gasteiger partial charge in [-0.25, -0.2) is 4.98 Å². The fraction of sp³-hybridized carbons (Fsp3) is 0.786. The van der Waals surface area contributed by atoms with Gasteiger partial charge in [0.05, 0.1) is 5.69 Å². The lowest BCUT2D eigenvalue weighted by molar-refractivity contribution is 0.0946. The van der Waals surface area contributed by atoms with Gasteiger partial charge in [-0.15, -0.1) is 11.3 Å². The van der Waals surface area contributed by atoms with Crippen molar-refractivity contribution in [2.75, 3.05) is 14.2 Å². The van der Waals surface area contributed by atoms with Crippen LogP contribution in [0.5, 0.6) is 0 Å². The maximum atomic E-state index is 5.56. The second kappa shape index (κ2) is 7.87. The van der Waals surface area contributed by atoms with E-state index in [1.807, 2.05) is 7.05 Å². The van der Waals surface area contributed by atoms with Crippen LogP contribution < -0.4 is 5.32 Å². The summed E-state index contributed by atoms with van der Waals surface area (Å²) < 4.78 is 5.56. The number of methoxy groups -OCH3 is 1. The maximum Gasteiger partial charge on any atom is 0.122 e. The van der Waals surface area contributed by atoms with E-state index >= 15 is 0 Å². The van der Waals surface area contributed by atoms with E-state index in [9.17, 15) is 0 Å². The Morgan fingerprint density at radius 3 is 2.61 bits per heavy atom. The van der Waals surface area contributed by atoms with E-state index in [0.717, 1.165) is 30.8 Å². The van der Waals surface area contributed by atoms with Crippen molar-refractivity contribution in [3.8, 4) is 0 Å². The molecule has 0 spiro atoms. The molecular formula is C14H26N2OS. The van der Waals surface area contributed by atoms with Gasteiger partial charge in [0.15, 0.2) is 0 Å². The number of nitrogens with one attached hydrogen (secondary N) is 1. The van der Waals surface area contributed by atoms with E-state index in [-0.39, 0.29) is 6.10 Å². The molecule has 0 aliphatic carbocycles. The molecule has 1 aromatic heterocycles. The Bertz CT molecular complexity index is 350. The van der Waals surface area contributed by atoms with Crippen LogP contribution in [0.25, 0.3) is 0 Å². The van der Waals surface area contributed by atoms with Crippen LogP contribution >= 0.6 is 11.3 Å². The van der Waals surface area contributed by atoms with Crippen LogP contribution in [0.2, 0.25) is 0 Å². The minimum atomic E-state index is 0.163. The molecule has 0 aliphatic rings. The maximum absolute atomic E-state index is 5.56. The second-order valence-corrected chi connectivity index (χ2v) is 6.18. The molecule has 104 valence electrons. The first-order valence-electron chi connectivity index (χ1n) is 6.78. The van der Waals surface area contributed by atoms with Gasteiger partial charge in [-0.05, 0) is 25.8 Å². The highest BCUT2D eigenvalue weighted by molar-refractivity contribution is 7.11. The van der Waals surface area contributed by atoms with Crippen molar-refractivity contribution < 1.29 is 4.74 Å². The zero-order valence-electron chi connectivity index (χ0n) is 12.2. The summed E-state index contributed by atoms with van der Waals surface area (Å²) in [4.78, 5) is 6.17. The third-order valence-corrected chi connectivity index (χ3v) is 4.03. The van der Waals surface area contributed by atoms with Crippen LogP contribution in [-0.4, -0.2) is 19.1 Å². The fourth-order valence-corrected chi connectivity index (χ4v) is 3.21. The van der Waals surface area contributed by atoms with Gasteiger partial charge in [-0.3, -0.25) is 0 Å². The largest absolute Gasteiger partial charge is 0.374 e. The molecule has 1 aromatic rings. The first-order chi connectivity index (χ1) is 8.62. The second-order valence-electron chi connectivity index (χ2n) is 5.06. The Morgan fingerprint density at radius 2 is 2.11 bits per heavy atom. The van der Waals surface area contributed by atoms with Crippen molar-refractivity contribution in [2.24, 2.45) is 5.92 Å². The average Bonchev–Trinajstić information content (AvgIpc) is 2.69. The highest BCUT2D eigenvalue weighted by Crippen LogP contribution is 2.30. The molecule has 1 N–H and O–H groups in total. The number of aromatic nitrogens is 1. The zero-order chi connectivity index (χ0) is 13.5. The van der Waals surface area contributed by atoms with Gasteiger partial charge < -0.3 is 10.1 Å². The molecule has 0 saturated heterocycles. The van der Waals surface area contributed by atoms with E-state index in [0.29, 0.717) is 5.92 Å². The number of thiazole rings is 1. The summed E-state index contributed by atoms with van der Waals surface area (Å²) in [7, 11) is 3.76. The lowest BCUT2D eigenvalue weighted by Gasteiger charge is -2.10. The zero-order valence-corrected chi connectivity index (χ0v) is 13.1. The van der Waals surface area contributed by atoms with Crippen molar-refractivity contribution in [1.82, 2.24) is 10.3 Å². The topological polar surface area (TPSA) is 34.1 Å². The van der Waals surface area contributed by atoms with Gasteiger partial charge in [-0.1, -0.05) is 27.2 Å². The Morgan fingerprint density at radius 1 is 1.39 bits per heavy atom. The van der Waals surface area contributed by atoms with Gasteiger partial charge in [0.1, 0.15) is 11.1 Å². The van der Waals surface area contributed by atoms with Crippen molar-refractivity contribution in [3.05, 3.63) is 15.6 Å². The normalized spacial score (nSPS) is 13.2. The molecule has 1 unspecified atom stereocenters. The molecule has 4 heteroatoms. The summed E-state index contributed by atoms with van der Waals surface area (Å²) in [6, 6.07) is 0. The molecule has 0 bridgehead atoms. The summed E-state index contributed by atoms with van der Waals surface area (Å²) in [6.45, 7) is 7.56. The molecule has 0 radical (unpaired) electrons. The standard InChI is InChI=1S/C14H26N2OS/c1-6-7-12(17-5)14-16-11(8-10(2)3)13(18-14)9-15-4/h10,12,15H,6-9H2,1-5H3. The predicted molar refractivity (Wildman–Crippen MR) is 78.1 cm³/mol. The molecule has 1 atom stereocenters. The third kappa shape index (κ3) is 4.34. The number of nitrogens with zero attached hydrogens (tertiary/aromatic N) is 1. The average molecular weight is 270 g/mol. The van der Waals surface area contributed by atoms with Crippen LogP contribution in [0.4, 0.5) is 0 Å². The summed E-state index contributed by atoms with van der Waals surface area (Å²) in [5.74, 6) is 0.641. The molecule has 0 saturated carbocycles. The summed E-state index contributed by atoms with van der Waals surface area (Å²) in [5.41, 5.74) is 1.25. The Hall–Kier alpha value is -0.450. The lowest BCUT2D eigenvalue weighted by atomic mass is 10.1. The Balaban J connectivity index is 2.92. The quantitative estimate of drug-likeness (QED) is 0.784. The van der Waals surface area contributed by atoms with Crippen LogP contribution in [0.15, 0.2) is 0 Å². The van der Waals surface area contributed by atoms with Crippen molar-refractivity contribution in [2.45, 2.75) is 52.7 Å². The molecule has 1 heterocycles. The predicted octanol–water partition coefficient (Wildman–Crippen LogP) is 3.55. The molecule has 1 rings (SSSR count). The minimum Gasteiger partial charge on any atom is -0.374 e. The number of rotatable bonds is 8. The SMILES string of the molecule is CCCC(OC)c1nc(CC(C)C)c(CNC)s1. The van der Waals surface area contributed by atoms with Gasteiger partial charge in [0, 0.05) is 18.5 Å². The van der Waals surface area contributed by atoms with Crippen LogP contribution in [0.1, 0.15) is 55.3 Å². The first kappa shape index (κ1) is 15.6. The van der Waals surface area contributed by atoms with Gasteiger partial charge in [-0.2, -0.15) is 0 Å². The number of ether oxygens (including phenoxy) is 1. The molecule has 3 nitrogen and oxygen atoms in total. The molecule has 0 amide bonds. The van der Waals surface area contributed by atoms with E-state index in [4.69, 9.17) is 9.72 Å². The lowest BCUT2D eigenvalue weighted by Crippen LogP contribution is -2.07. The van der Waals surface area contributed by atoms with E-state index in [2.05, 4.69) is 26.1 Å². The fourth-order valence-electron chi connectivity index (χ4n) is 1.99. The molecule has 0 aromatic carbocycles. The summed E-state index contributed by atoms with van der Waals surface area (Å²) in [6.07, 6.45) is 3.38. The number of hydrogen-bond acceptors (Lipinski definition) is 4. The smallest absolute Gasteiger partial charge is 0.122 e. The Kier molecular flexibility index (Phi) is 6.82. The van der Waals surface area contributed by atoms with Crippen molar-refractivity contribution >= 4 is 11.3 Å². The van der Waals surface area contributed by atoms with E-state index in [1.54, 1.807) is 18.4 Å². The van der Waals surface area contributed by atoms with Crippen LogP contribution in [0, 0.1) is 5.92 Å². The third-order valence-electron chi connectivity index (χ3n) is 2.84. The van der Waals surface area contributed by atoms with E-state index in [1.165, 1.54) is 10.6 Å². The Labute approximate surface area is 115 Å². The molecular weight excluding hydrogens is 244 g/mol.